The zero-order chi connectivity index (χ0) is 13.1. The highest BCUT2D eigenvalue weighted by Crippen LogP contribution is 2.25. The van der Waals surface area contributed by atoms with Crippen molar-refractivity contribution in [2.24, 2.45) is 11.7 Å². The molecule has 0 amide bonds. The van der Waals surface area contributed by atoms with Gasteiger partial charge in [0.15, 0.2) is 0 Å². The Hall–Kier alpha value is -0.900. The van der Waals surface area contributed by atoms with E-state index in [0.29, 0.717) is 12.6 Å². The van der Waals surface area contributed by atoms with Crippen LogP contribution in [0, 0.1) is 5.92 Å². The minimum atomic E-state index is -0.399. The lowest BCUT2D eigenvalue weighted by Gasteiger charge is -2.24. The van der Waals surface area contributed by atoms with Crippen LogP contribution in [0.25, 0.3) is 0 Å². The Labute approximate surface area is 110 Å². The van der Waals surface area contributed by atoms with Crippen LogP contribution in [-0.4, -0.2) is 29.1 Å². The number of aliphatic hydroxyl groups excluding tert-OH is 1. The third-order valence-electron chi connectivity index (χ3n) is 3.92. The highest BCUT2D eigenvalue weighted by molar-refractivity contribution is 5.24. The second-order valence-corrected chi connectivity index (χ2v) is 5.61. The predicted octanol–water partition coefficient (Wildman–Crippen LogP) is 1.91. The fourth-order valence-corrected chi connectivity index (χ4v) is 2.84. The third kappa shape index (κ3) is 3.10. The summed E-state index contributed by atoms with van der Waals surface area (Å²) in [7, 11) is 0. The molecule has 100 valence electrons. The van der Waals surface area contributed by atoms with E-state index in [1.165, 1.54) is 6.42 Å². The van der Waals surface area contributed by atoms with Crippen molar-refractivity contribution in [3.63, 3.8) is 0 Å². The van der Waals surface area contributed by atoms with E-state index in [0.717, 1.165) is 30.1 Å². The molecule has 0 spiro atoms. The van der Waals surface area contributed by atoms with Crippen molar-refractivity contribution in [2.75, 3.05) is 13.1 Å². The number of β-amino-alcohol motifs (C(OH)–C–C–N with tert-alkyl or cyclic N) is 1. The Morgan fingerprint density at radius 1 is 1.33 bits per heavy atom. The fraction of sp³-hybridized carbons (Fsp3) is 0.600. The minimum Gasteiger partial charge on any atom is -0.387 e. The van der Waals surface area contributed by atoms with Gasteiger partial charge in [0, 0.05) is 25.7 Å². The summed E-state index contributed by atoms with van der Waals surface area (Å²) in [6, 6.07) is 8.54. The van der Waals surface area contributed by atoms with Crippen LogP contribution in [0.15, 0.2) is 24.3 Å². The van der Waals surface area contributed by atoms with Gasteiger partial charge in [0.1, 0.15) is 0 Å². The number of hydrogen-bond donors (Lipinski definition) is 2. The number of hydrogen-bond acceptors (Lipinski definition) is 3. The highest BCUT2D eigenvalue weighted by atomic mass is 16.3. The molecular weight excluding hydrogens is 224 g/mol. The zero-order valence-electron chi connectivity index (χ0n) is 11.3. The second kappa shape index (κ2) is 5.83. The number of nitrogens with zero attached hydrogens (tertiary/aromatic N) is 1. The SMILES string of the molecule is CC1CC(C)N(CC(O)c2ccc(CN)cc2)C1. The van der Waals surface area contributed by atoms with E-state index in [9.17, 15) is 5.11 Å². The van der Waals surface area contributed by atoms with Crippen LogP contribution < -0.4 is 5.73 Å². The molecule has 3 nitrogen and oxygen atoms in total. The second-order valence-electron chi connectivity index (χ2n) is 5.61. The van der Waals surface area contributed by atoms with Gasteiger partial charge in [-0.25, -0.2) is 0 Å². The zero-order valence-corrected chi connectivity index (χ0v) is 11.3. The van der Waals surface area contributed by atoms with Crippen LogP contribution in [0.2, 0.25) is 0 Å². The van der Waals surface area contributed by atoms with Crippen LogP contribution in [0.3, 0.4) is 0 Å². The predicted molar refractivity (Wildman–Crippen MR) is 74.1 cm³/mol. The molecule has 1 saturated heterocycles. The first-order valence-corrected chi connectivity index (χ1v) is 6.81. The number of nitrogens with two attached hydrogens (primary N) is 1. The summed E-state index contributed by atoms with van der Waals surface area (Å²) >= 11 is 0. The van der Waals surface area contributed by atoms with E-state index >= 15 is 0 Å². The molecule has 1 aromatic rings. The lowest BCUT2D eigenvalue weighted by molar-refractivity contribution is 0.109. The van der Waals surface area contributed by atoms with Gasteiger partial charge in [0.2, 0.25) is 0 Å². The highest BCUT2D eigenvalue weighted by Gasteiger charge is 2.27. The van der Waals surface area contributed by atoms with Crippen molar-refractivity contribution in [1.29, 1.82) is 0 Å². The third-order valence-corrected chi connectivity index (χ3v) is 3.92. The number of likely N-dealkylation sites (tertiary alicyclic amines) is 1. The molecule has 0 radical (unpaired) electrons. The van der Waals surface area contributed by atoms with E-state index in [4.69, 9.17) is 5.73 Å². The molecule has 0 aliphatic carbocycles. The summed E-state index contributed by atoms with van der Waals surface area (Å²) in [6.45, 7) is 6.90. The molecule has 0 saturated carbocycles. The van der Waals surface area contributed by atoms with Gasteiger partial charge in [-0.2, -0.15) is 0 Å². The lowest BCUT2D eigenvalue weighted by atomic mass is 10.1. The Morgan fingerprint density at radius 2 is 2.00 bits per heavy atom. The van der Waals surface area contributed by atoms with Crippen molar-refractivity contribution in [3.8, 4) is 0 Å². The van der Waals surface area contributed by atoms with Crippen LogP contribution in [0.4, 0.5) is 0 Å². The van der Waals surface area contributed by atoms with Gasteiger partial charge in [-0.3, -0.25) is 4.90 Å². The van der Waals surface area contributed by atoms with E-state index in [2.05, 4.69) is 18.7 Å². The Bertz CT molecular complexity index is 377. The van der Waals surface area contributed by atoms with Crippen molar-refractivity contribution in [2.45, 2.75) is 39.0 Å². The first-order valence-electron chi connectivity index (χ1n) is 6.81. The molecule has 3 heteroatoms. The smallest absolute Gasteiger partial charge is 0.0917 e. The summed E-state index contributed by atoms with van der Waals surface area (Å²) < 4.78 is 0. The van der Waals surface area contributed by atoms with E-state index < -0.39 is 6.10 Å². The number of rotatable bonds is 4. The Kier molecular flexibility index (Phi) is 4.38. The minimum absolute atomic E-state index is 0.399. The molecule has 3 N–H and O–H groups in total. The molecule has 1 aliphatic rings. The molecular formula is C15H24N2O. The van der Waals surface area contributed by atoms with Crippen molar-refractivity contribution in [3.05, 3.63) is 35.4 Å². The largest absolute Gasteiger partial charge is 0.387 e. The van der Waals surface area contributed by atoms with Crippen molar-refractivity contribution >= 4 is 0 Å². The van der Waals surface area contributed by atoms with Crippen LogP contribution in [0.5, 0.6) is 0 Å². The maximum atomic E-state index is 10.3. The maximum absolute atomic E-state index is 10.3. The fourth-order valence-electron chi connectivity index (χ4n) is 2.84. The van der Waals surface area contributed by atoms with Crippen molar-refractivity contribution in [1.82, 2.24) is 4.90 Å². The van der Waals surface area contributed by atoms with Gasteiger partial charge in [0.05, 0.1) is 6.10 Å². The molecule has 1 heterocycles. The van der Waals surface area contributed by atoms with Crippen LogP contribution in [0.1, 0.15) is 37.5 Å². The molecule has 1 aromatic carbocycles. The molecule has 18 heavy (non-hydrogen) atoms. The lowest BCUT2D eigenvalue weighted by Crippen LogP contribution is -2.31. The van der Waals surface area contributed by atoms with E-state index in [-0.39, 0.29) is 0 Å². The quantitative estimate of drug-likeness (QED) is 0.855. The Morgan fingerprint density at radius 3 is 2.50 bits per heavy atom. The number of benzene rings is 1. The molecule has 3 unspecified atom stereocenters. The van der Waals surface area contributed by atoms with Gasteiger partial charge in [-0.1, -0.05) is 31.2 Å². The molecule has 3 atom stereocenters. The number of aliphatic hydroxyl groups is 1. The molecule has 0 bridgehead atoms. The van der Waals surface area contributed by atoms with Gasteiger partial charge in [-0.05, 0) is 30.4 Å². The van der Waals surface area contributed by atoms with Gasteiger partial charge >= 0.3 is 0 Å². The first kappa shape index (κ1) is 13.5. The molecule has 1 aliphatic heterocycles. The summed E-state index contributed by atoms with van der Waals surface area (Å²) in [4.78, 5) is 2.38. The maximum Gasteiger partial charge on any atom is 0.0917 e. The molecule has 0 aromatic heterocycles. The summed E-state index contributed by atoms with van der Waals surface area (Å²) in [5.74, 6) is 0.742. The van der Waals surface area contributed by atoms with E-state index in [1.54, 1.807) is 0 Å². The topological polar surface area (TPSA) is 49.5 Å². The normalized spacial score (nSPS) is 26.4. The van der Waals surface area contributed by atoms with Crippen LogP contribution in [-0.2, 0) is 6.54 Å². The summed E-state index contributed by atoms with van der Waals surface area (Å²) in [5, 5.41) is 10.3. The van der Waals surface area contributed by atoms with Gasteiger partial charge < -0.3 is 10.8 Å². The summed E-state index contributed by atoms with van der Waals surface area (Å²) in [5.41, 5.74) is 7.66. The van der Waals surface area contributed by atoms with Gasteiger partial charge in [-0.15, -0.1) is 0 Å². The van der Waals surface area contributed by atoms with E-state index in [1.807, 2.05) is 24.3 Å². The van der Waals surface area contributed by atoms with Crippen LogP contribution >= 0.6 is 0 Å². The average molecular weight is 248 g/mol. The molecule has 1 fully saturated rings. The summed E-state index contributed by atoms with van der Waals surface area (Å²) in [6.07, 6.45) is 0.836. The first-order chi connectivity index (χ1) is 8.60. The Balaban J connectivity index is 1.96. The molecule has 2 rings (SSSR count). The standard InChI is InChI=1S/C15H24N2O/c1-11-7-12(2)17(9-11)10-15(18)14-5-3-13(8-16)4-6-14/h3-6,11-12,15,18H,7-10,16H2,1-2H3. The van der Waals surface area contributed by atoms with Crippen molar-refractivity contribution < 1.29 is 5.11 Å². The average Bonchev–Trinajstić information content (AvgIpc) is 2.68. The van der Waals surface area contributed by atoms with Gasteiger partial charge in [0.25, 0.3) is 0 Å². The monoisotopic (exact) mass is 248 g/mol.